The van der Waals surface area contributed by atoms with Crippen molar-refractivity contribution < 1.29 is 14.7 Å². The van der Waals surface area contributed by atoms with Crippen LogP contribution in [0, 0.1) is 5.92 Å². The van der Waals surface area contributed by atoms with Crippen molar-refractivity contribution in [1.29, 1.82) is 0 Å². The third-order valence-electron chi connectivity index (χ3n) is 3.74. The van der Waals surface area contributed by atoms with Crippen LogP contribution in [0.4, 0.5) is 0 Å². The molecule has 1 amide bonds. The number of tetrazole rings is 1. The summed E-state index contributed by atoms with van der Waals surface area (Å²) in [4.78, 5) is 23.5. The quantitative estimate of drug-likeness (QED) is 0.783. The van der Waals surface area contributed by atoms with Gasteiger partial charge in [0.1, 0.15) is 18.4 Å². The predicted octanol–water partition coefficient (Wildman–Crippen LogP) is -0.177. The summed E-state index contributed by atoms with van der Waals surface area (Å²) in [6, 6.07) is 0. The average molecular weight is 267 g/mol. The highest BCUT2D eigenvalue weighted by Gasteiger charge is 2.46. The van der Waals surface area contributed by atoms with Crippen LogP contribution in [0.3, 0.4) is 0 Å². The van der Waals surface area contributed by atoms with Gasteiger partial charge in [0, 0.05) is 0 Å². The maximum atomic E-state index is 11.9. The minimum absolute atomic E-state index is 0.0747. The van der Waals surface area contributed by atoms with Crippen LogP contribution in [0.2, 0.25) is 0 Å². The molecule has 1 saturated carbocycles. The van der Waals surface area contributed by atoms with Crippen molar-refractivity contribution in [3.63, 3.8) is 0 Å². The number of aromatic nitrogens is 4. The van der Waals surface area contributed by atoms with Gasteiger partial charge in [0.2, 0.25) is 5.91 Å². The first-order valence-corrected chi connectivity index (χ1v) is 6.30. The van der Waals surface area contributed by atoms with Crippen LogP contribution >= 0.6 is 0 Å². The van der Waals surface area contributed by atoms with E-state index in [9.17, 15) is 14.7 Å². The lowest BCUT2D eigenvalue weighted by molar-refractivity contribution is -0.152. The Labute approximate surface area is 110 Å². The van der Waals surface area contributed by atoms with E-state index in [1.807, 2.05) is 6.92 Å². The Bertz CT molecular complexity index is 461. The Kier molecular flexibility index (Phi) is 3.77. The Morgan fingerprint density at radius 2 is 2.32 bits per heavy atom. The summed E-state index contributed by atoms with van der Waals surface area (Å²) >= 11 is 0. The van der Waals surface area contributed by atoms with Crippen LogP contribution in [0.25, 0.3) is 0 Å². The van der Waals surface area contributed by atoms with Crippen molar-refractivity contribution in [1.82, 2.24) is 25.5 Å². The topological polar surface area (TPSA) is 110 Å². The maximum Gasteiger partial charge on any atom is 0.329 e. The summed E-state index contributed by atoms with van der Waals surface area (Å²) in [5, 5.41) is 22.6. The lowest BCUT2D eigenvalue weighted by atomic mass is 9.73. The number of carboxylic acid groups (broad SMARTS) is 1. The Morgan fingerprint density at radius 1 is 1.53 bits per heavy atom. The van der Waals surface area contributed by atoms with E-state index in [2.05, 4.69) is 20.8 Å². The molecule has 1 aromatic rings. The summed E-state index contributed by atoms with van der Waals surface area (Å²) in [5.74, 6) is -1.44. The van der Waals surface area contributed by atoms with Gasteiger partial charge in [-0.15, -0.1) is 5.10 Å². The number of carboxylic acids is 1. The van der Waals surface area contributed by atoms with Gasteiger partial charge in [-0.05, 0) is 29.2 Å². The smallest absolute Gasteiger partial charge is 0.329 e. The highest BCUT2D eigenvalue weighted by molar-refractivity contribution is 5.87. The van der Waals surface area contributed by atoms with Crippen LogP contribution in [0.15, 0.2) is 6.33 Å². The molecule has 1 aliphatic carbocycles. The monoisotopic (exact) mass is 267 g/mol. The van der Waals surface area contributed by atoms with Crippen molar-refractivity contribution in [3.05, 3.63) is 6.33 Å². The molecule has 19 heavy (non-hydrogen) atoms. The lowest BCUT2D eigenvalue weighted by Crippen LogP contribution is -2.60. The maximum absolute atomic E-state index is 11.9. The number of carbonyl (C=O) groups excluding carboxylic acids is 1. The van der Waals surface area contributed by atoms with Gasteiger partial charge in [0.25, 0.3) is 0 Å². The minimum atomic E-state index is -1.16. The van der Waals surface area contributed by atoms with Crippen molar-refractivity contribution in [3.8, 4) is 0 Å². The molecular weight excluding hydrogens is 250 g/mol. The predicted molar refractivity (Wildman–Crippen MR) is 64.0 cm³/mol. The molecule has 104 valence electrons. The van der Waals surface area contributed by atoms with E-state index in [4.69, 9.17) is 0 Å². The zero-order chi connectivity index (χ0) is 13.9. The van der Waals surface area contributed by atoms with Gasteiger partial charge in [-0.25, -0.2) is 9.48 Å². The van der Waals surface area contributed by atoms with Crippen molar-refractivity contribution >= 4 is 11.9 Å². The van der Waals surface area contributed by atoms with Crippen LogP contribution in [-0.2, 0) is 16.1 Å². The Balaban J connectivity index is 2.08. The summed E-state index contributed by atoms with van der Waals surface area (Å²) in [7, 11) is 0. The third kappa shape index (κ3) is 2.72. The molecule has 8 nitrogen and oxygen atoms in total. The van der Waals surface area contributed by atoms with Crippen LogP contribution in [0.1, 0.15) is 32.6 Å². The largest absolute Gasteiger partial charge is 0.479 e. The van der Waals surface area contributed by atoms with Gasteiger partial charge in [0.05, 0.1) is 0 Å². The van der Waals surface area contributed by atoms with Crippen molar-refractivity contribution in [2.75, 3.05) is 0 Å². The van der Waals surface area contributed by atoms with Crippen molar-refractivity contribution in [2.24, 2.45) is 5.92 Å². The third-order valence-corrected chi connectivity index (χ3v) is 3.74. The Morgan fingerprint density at radius 3 is 2.89 bits per heavy atom. The molecule has 8 heteroatoms. The molecule has 1 aromatic heterocycles. The lowest BCUT2D eigenvalue weighted by Gasteiger charge is -2.39. The number of nitrogens with zero attached hydrogens (tertiary/aromatic N) is 4. The number of hydrogen-bond acceptors (Lipinski definition) is 5. The fourth-order valence-electron chi connectivity index (χ4n) is 2.59. The molecule has 0 bridgehead atoms. The SMILES string of the molecule is CC1CCCCC1(NC(=O)Cn1cnnn1)C(=O)O. The van der Waals surface area contributed by atoms with Crippen LogP contribution < -0.4 is 5.32 Å². The van der Waals surface area contributed by atoms with Crippen molar-refractivity contribution in [2.45, 2.75) is 44.7 Å². The molecule has 0 saturated heterocycles. The molecule has 1 heterocycles. The molecule has 0 aromatic carbocycles. The standard InChI is InChI=1S/C11H17N5O3/c1-8-4-2-3-5-11(8,10(18)19)13-9(17)6-16-7-12-14-15-16/h7-8H,2-6H2,1H3,(H,13,17)(H,18,19). The van der Waals surface area contributed by atoms with E-state index in [-0.39, 0.29) is 18.4 Å². The highest BCUT2D eigenvalue weighted by atomic mass is 16.4. The highest BCUT2D eigenvalue weighted by Crippen LogP contribution is 2.33. The van der Waals surface area contributed by atoms with E-state index in [1.54, 1.807) is 0 Å². The number of amides is 1. The fourth-order valence-corrected chi connectivity index (χ4v) is 2.59. The van der Waals surface area contributed by atoms with Gasteiger partial charge >= 0.3 is 5.97 Å². The molecule has 2 unspecified atom stereocenters. The average Bonchev–Trinajstić information content (AvgIpc) is 2.84. The van der Waals surface area contributed by atoms with Crippen LogP contribution in [-0.4, -0.2) is 42.7 Å². The number of carbonyl (C=O) groups is 2. The molecule has 1 aliphatic rings. The van der Waals surface area contributed by atoms with E-state index in [1.165, 1.54) is 11.0 Å². The molecule has 2 rings (SSSR count). The Hall–Kier alpha value is -1.99. The zero-order valence-corrected chi connectivity index (χ0v) is 10.7. The first kappa shape index (κ1) is 13.4. The van der Waals surface area contributed by atoms with Gasteiger partial charge in [-0.3, -0.25) is 4.79 Å². The second-order valence-electron chi connectivity index (χ2n) is 4.98. The van der Waals surface area contributed by atoms with E-state index in [0.717, 1.165) is 19.3 Å². The normalized spacial score (nSPS) is 26.9. The molecule has 0 aliphatic heterocycles. The second-order valence-corrected chi connectivity index (χ2v) is 4.98. The van der Waals surface area contributed by atoms with Gasteiger partial charge in [-0.1, -0.05) is 19.8 Å². The molecule has 2 N–H and O–H groups in total. The van der Waals surface area contributed by atoms with Gasteiger partial charge in [-0.2, -0.15) is 0 Å². The number of rotatable bonds is 4. The van der Waals surface area contributed by atoms with Gasteiger partial charge < -0.3 is 10.4 Å². The molecule has 2 atom stereocenters. The van der Waals surface area contributed by atoms with E-state index < -0.39 is 11.5 Å². The summed E-state index contributed by atoms with van der Waals surface area (Å²) in [6.07, 6.45) is 4.39. The molecule has 0 spiro atoms. The molecule has 0 radical (unpaired) electrons. The minimum Gasteiger partial charge on any atom is -0.479 e. The van der Waals surface area contributed by atoms with E-state index in [0.29, 0.717) is 6.42 Å². The summed E-state index contributed by atoms with van der Waals surface area (Å²) in [6.45, 7) is 1.79. The van der Waals surface area contributed by atoms with Crippen LogP contribution in [0.5, 0.6) is 0 Å². The fraction of sp³-hybridized carbons (Fsp3) is 0.727. The number of nitrogens with one attached hydrogen (secondary N) is 1. The first-order chi connectivity index (χ1) is 9.04. The summed E-state index contributed by atoms with van der Waals surface area (Å²) < 4.78 is 1.26. The van der Waals surface area contributed by atoms with Gasteiger partial charge in [0.15, 0.2) is 0 Å². The van der Waals surface area contributed by atoms with E-state index >= 15 is 0 Å². The number of aliphatic carboxylic acids is 1. The number of hydrogen-bond donors (Lipinski definition) is 2. The molecular formula is C11H17N5O3. The summed E-state index contributed by atoms with van der Waals surface area (Å²) in [5.41, 5.74) is -1.16. The second kappa shape index (κ2) is 5.33. The molecule has 1 fully saturated rings. The first-order valence-electron chi connectivity index (χ1n) is 6.30. The zero-order valence-electron chi connectivity index (χ0n) is 10.7.